The largest absolute Gasteiger partial charge is 0.421 e. The van der Waals surface area contributed by atoms with Crippen molar-refractivity contribution in [2.75, 3.05) is 5.75 Å². The molecule has 0 radical (unpaired) electrons. The minimum Gasteiger partial charge on any atom is -0.267 e. The fraction of sp³-hybridized carbons (Fsp3) is 0.375. The zero-order valence-corrected chi connectivity index (χ0v) is 15.6. The molecule has 1 unspecified atom stereocenters. The van der Waals surface area contributed by atoms with Crippen molar-refractivity contribution in [1.29, 1.82) is 0 Å². The normalized spacial score (nSPS) is 15.9. The van der Waals surface area contributed by atoms with Crippen LogP contribution < -0.4 is 5.56 Å². The Kier molecular flexibility index (Phi) is 5.46. The lowest BCUT2D eigenvalue weighted by atomic mass is 10.2. The highest BCUT2D eigenvalue weighted by molar-refractivity contribution is 7.85. The summed E-state index contributed by atoms with van der Waals surface area (Å²) in [6, 6.07) is 5.27. The van der Waals surface area contributed by atoms with E-state index >= 15 is 0 Å². The number of benzene rings is 1. The molecule has 1 atom stereocenters. The van der Waals surface area contributed by atoms with Crippen LogP contribution in [0.3, 0.4) is 0 Å². The van der Waals surface area contributed by atoms with Crippen LogP contribution in [0.1, 0.15) is 30.0 Å². The van der Waals surface area contributed by atoms with Crippen LogP contribution in [-0.2, 0) is 23.5 Å². The Morgan fingerprint density at radius 3 is 2.54 bits per heavy atom. The fourth-order valence-corrected chi connectivity index (χ4v) is 4.14. The standard InChI is InChI=1S/C16H13Cl2F3N2O2S/c17-10-3-4-12(18)14(7-10)26(25)6-5-23-15(24)11(16(19,20)21)8-13(22-23)9-1-2-9/h3-4,7-9H,1-2,5-6H2. The maximum Gasteiger partial charge on any atom is 0.421 e. The molecule has 0 saturated heterocycles. The van der Waals surface area contributed by atoms with Gasteiger partial charge in [-0.25, -0.2) is 4.68 Å². The molecule has 1 aliphatic carbocycles. The summed E-state index contributed by atoms with van der Waals surface area (Å²) in [5, 5.41) is 4.59. The van der Waals surface area contributed by atoms with Gasteiger partial charge in [-0.3, -0.25) is 9.00 Å². The van der Waals surface area contributed by atoms with E-state index in [4.69, 9.17) is 23.2 Å². The van der Waals surface area contributed by atoms with Crippen LogP contribution in [0.4, 0.5) is 13.2 Å². The first-order valence-corrected chi connectivity index (χ1v) is 9.77. The Bertz CT molecular complexity index is 927. The SMILES string of the molecule is O=c1c(C(F)(F)F)cc(C2CC2)nn1CCS(=O)c1cc(Cl)ccc1Cl. The summed E-state index contributed by atoms with van der Waals surface area (Å²) in [6.07, 6.45) is -3.28. The average Bonchev–Trinajstić information content (AvgIpc) is 3.39. The monoisotopic (exact) mass is 424 g/mol. The topological polar surface area (TPSA) is 52.0 Å². The van der Waals surface area contributed by atoms with Gasteiger partial charge in [-0.15, -0.1) is 0 Å². The lowest BCUT2D eigenvalue weighted by Crippen LogP contribution is -2.32. The van der Waals surface area contributed by atoms with Gasteiger partial charge in [0, 0.05) is 16.7 Å². The average molecular weight is 425 g/mol. The molecule has 140 valence electrons. The van der Waals surface area contributed by atoms with Crippen molar-refractivity contribution >= 4 is 34.0 Å². The van der Waals surface area contributed by atoms with Crippen LogP contribution in [0, 0.1) is 0 Å². The fourth-order valence-electron chi connectivity index (χ4n) is 2.43. The molecule has 0 bridgehead atoms. The Labute approximate surface area is 159 Å². The summed E-state index contributed by atoms with van der Waals surface area (Å²) in [5.41, 5.74) is -2.25. The maximum absolute atomic E-state index is 13.1. The van der Waals surface area contributed by atoms with Gasteiger partial charge in [0.2, 0.25) is 0 Å². The van der Waals surface area contributed by atoms with E-state index < -0.39 is 28.1 Å². The van der Waals surface area contributed by atoms with E-state index in [2.05, 4.69) is 5.10 Å². The number of nitrogens with zero attached hydrogens (tertiary/aromatic N) is 2. The van der Waals surface area contributed by atoms with Crippen molar-refractivity contribution < 1.29 is 17.4 Å². The molecule has 1 aromatic carbocycles. The molecule has 1 saturated carbocycles. The zero-order valence-electron chi connectivity index (χ0n) is 13.2. The number of aromatic nitrogens is 2. The number of aryl methyl sites for hydroxylation is 1. The second-order valence-corrected chi connectivity index (χ2v) is 8.29. The Morgan fingerprint density at radius 1 is 1.23 bits per heavy atom. The molecule has 1 aromatic heterocycles. The smallest absolute Gasteiger partial charge is 0.267 e. The van der Waals surface area contributed by atoms with E-state index in [9.17, 15) is 22.2 Å². The minimum absolute atomic E-state index is 0.0594. The second-order valence-electron chi connectivity index (χ2n) is 5.91. The van der Waals surface area contributed by atoms with E-state index in [-0.39, 0.29) is 33.8 Å². The molecular formula is C16H13Cl2F3N2O2S. The van der Waals surface area contributed by atoms with Gasteiger partial charge < -0.3 is 0 Å². The summed E-state index contributed by atoms with van der Waals surface area (Å²) in [6.45, 7) is -0.224. The molecule has 1 fully saturated rings. The highest BCUT2D eigenvalue weighted by atomic mass is 35.5. The summed E-state index contributed by atoms with van der Waals surface area (Å²) < 4.78 is 52.5. The molecule has 1 heterocycles. The number of alkyl halides is 3. The summed E-state index contributed by atoms with van der Waals surface area (Å²) in [4.78, 5) is 12.4. The summed E-state index contributed by atoms with van der Waals surface area (Å²) in [5.74, 6) is -0.172. The van der Waals surface area contributed by atoms with Gasteiger partial charge in [0.25, 0.3) is 5.56 Å². The Hall–Kier alpha value is -1.38. The third-order valence-corrected chi connectivity index (χ3v) is 5.98. The van der Waals surface area contributed by atoms with Crippen molar-refractivity contribution in [2.24, 2.45) is 0 Å². The lowest BCUT2D eigenvalue weighted by molar-refractivity contribution is -0.139. The molecule has 26 heavy (non-hydrogen) atoms. The van der Waals surface area contributed by atoms with Gasteiger partial charge in [-0.2, -0.15) is 18.3 Å². The third kappa shape index (κ3) is 4.29. The summed E-state index contributed by atoms with van der Waals surface area (Å²) >= 11 is 11.8. The molecule has 4 nitrogen and oxygen atoms in total. The molecular weight excluding hydrogens is 412 g/mol. The molecule has 1 aliphatic rings. The van der Waals surface area contributed by atoms with Crippen LogP contribution in [0.15, 0.2) is 34.0 Å². The van der Waals surface area contributed by atoms with Crippen LogP contribution in [0.25, 0.3) is 0 Å². The summed E-state index contributed by atoms with van der Waals surface area (Å²) in [7, 11) is -1.64. The van der Waals surface area contributed by atoms with Crippen LogP contribution in [-0.4, -0.2) is 19.7 Å². The van der Waals surface area contributed by atoms with Gasteiger partial charge >= 0.3 is 6.18 Å². The quantitative estimate of drug-likeness (QED) is 0.720. The van der Waals surface area contributed by atoms with E-state index in [0.29, 0.717) is 5.02 Å². The molecule has 3 rings (SSSR count). The van der Waals surface area contributed by atoms with Crippen LogP contribution in [0.2, 0.25) is 10.0 Å². The minimum atomic E-state index is -4.76. The second kappa shape index (κ2) is 7.32. The lowest BCUT2D eigenvalue weighted by Gasteiger charge is -2.12. The predicted octanol–water partition coefficient (Wildman–Crippen LogP) is 4.25. The molecule has 0 spiro atoms. The Morgan fingerprint density at radius 2 is 1.92 bits per heavy atom. The number of hydrogen-bond acceptors (Lipinski definition) is 3. The number of hydrogen-bond donors (Lipinski definition) is 0. The van der Waals surface area contributed by atoms with E-state index in [1.54, 1.807) is 0 Å². The predicted molar refractivity (Wildman–Crippen MR) is 93.2 cm³/mol. The van der Waals surface area contributed by atoms with Crippen LogP contribution >= 0.6 is 23.2 Å². The van der Waals surface area contributed by atoms with Crippen molar-refractivity contribution in [3.05, 3.63) is 55.9 Å². The number of rotatable bonds is 5. The molecule has 0 amide bonds. The molecule has 10 heteroatoms. The van der Waals surface area contributed by atoms with Gasteiger partial charge in [-0.1, -0.05) is 23.2 Å². The van der Waals surface area contributed by atoms with Gasteiger partial charge in [0.05, 0.1) is 33.0 Å². The van der Waals surface area contributed by atoms with E-state index in [1.807, 2.05) is 0 Å². The molecule has 0 N–H and O–H groups in total. The van der Waals surface area contributed by atoms with Crippen molar-refractivity contribution in [1.82, 2.24) is 9.78 Å². The van der Waals surface area contributed by atoms with Gasteiger partial charge in [0.15, 0.2) is 0 Å². The maximum atomic E-state index is 13.1. The first kappa shape index (κ1) is 19.4. The van der Waals surface area contributed by atoms with Gasteiger partial charge in [-0.05, 0) is 37.1 Å². The van der Waals surface area contributed by atoms with Crippen LogP contribution in [0.5, 0.6) is 0 Å². The first-order chi connectivity index (χ1) is 12.2. The highest BCUT2D eigenvalue weighted by Crippen LogP contribution is 2.40. The van der Waals surface area contributed by atoms with Crippen molar-refractivity contribution in [3.63, 3.8) is 0 Å². The van der Waals surface area contributed by atoms with Crippen molar-refractivity contribution in [3.8, 4) is 0 Å². The highest BCUT2D eigenvalue weighted by Gasteiger charge is 2.37. The third-order valence-electron chi connectivity index (χ3n) is 3.92. The first-order valence-electron chi connectivity index (χ1n) is 7.69. The van der Waals surface area contributed by atoms with E-state index in [1.165, 1.54) is 18.2 Å². The van der Waals surface area contributed by atoms with Gasteiger partial charge in [0.1, 0.15) is 5.56 Å². The van der Waals surface area contributed by atoms with Crippen molar-refractivity contribution in [2.45, 2.75) is 36.4 Å². The molecule has 0 aliphatic heterocycles. The molecule has 2 aromatic rings. The van der Waals surface area contributed by atoms with E-state index in [0.717, 1.165) is 23.6 Å². The zero-order chi connectivity index (χ0) is 19.1. The number of halogens is 5. The Balaban J connectivity index is 1.87.